The van der Waals surface area contributed by atoms with Crippen LogP contribution < -0.4 is 0 Å². The molecule has 0 fully saturated rings. The molecule has 1 unspecified atom stereocenters. The molecule has 6 rings (SSSR count). The fourth-order valence-electron chi connectivity index (χ4n) is 4.71. The molecular formula is C27H18O2. The van der Waals surface area contributed by atoms with Crippen molar-refractivity contribution >= 4 is 22.4 Å². The van der Waals surface area contributed by atoms with E-state index in [1.165, 1.54) is 0 Å². The predicted molar refractivity (Wildman–Crippen MR) is 118 cm³/mol. The van der Waals surface area contributed by atoms with Gasteiger partial charge < -0.3 is 10.2 Å². The van der Waals surface area contributed by atoms with Gasteiger partial charge in [0, 0.05) is 5.56 Å². The molecule has 2 N–H and O–H groups in total. The van der Waals surface area contributed by atoms with Gasteiger partial charge in [0.25, 0.3) is 0 Å². The van der Waals surface area contributed by atoms with Gasteiger partial charge in [0.2, 0.25) is 0 Å². The fraction of sp³-hybridized carbons (Fsp3) is 0.0370. The zero-order valence-corrected chi connectivity index (χ0v) is 15.6. The van der Waals surface area contributed by atoms with E-state index in [9.17, 15) is 10.2 Å². The summed E-state index contributed by atoms with van der Waals surface area (Å²) < 4.78 is 0. The van der Waals surface area contributed by atoms with Crippen LogP contribution in [0.2, 0.25) is 0 Å². The Balaban J connectivity index is 1.65. The molecule has 29 heavy (non-hydrogen) atoms. The first-order valence-electron chi connectivity index (χ1n) is 9.77. The summed E-state index contributed by atoms with van der Waals surface area (Å²) in [7, 11) is 0. The number of aromatic hydroxyl groups is 1. The van der Waals surface area contributed by atoms with Crippen molar-refractivity contribution in [3.05, 3.63) is 113 Å². The lowest BCUT2D eigenvalue weighted by Gasteiger charge is -2.23. The third kappa shape index (κ3) is 2.27. The number of phenols is 1. The van der Waals surface area contributed by atoms with Gasteiger partial charge in [0.15, 0.2) is 0 Å². The Labute approximate surface area is 168 Å². The minimum Gasteiger partial charge on any atom is -0.507 e. The molecule has 0 saturated heterocycles. The van der Waals surface area contributed by atoms with Crippen LogP contribution in [0, 0.1) is 0 Å². The Hall–Kier alpha value is -3.62. The van der Waals surface area contributed by atoms with Gasteiger partial charge >= 0.3 is 0 Å². The van der Waals surface area contributed by atoms with Crippen molar-refractivity contribution < 1.29 is 10.2 Å². The lowest BCUT2D eigenvalue weighted by molar-refractivity contribution is 0.219. The Morgan fingerprint density at radius 1 is 0.655 bits per heavy atom. The molecule has 4 aromatic carbocycles. The minimum atomic E-state index is -0.756. The third-order valence-electron chi connectivity index (χ3n) is 6.05. The SMILES string of the molecule is Oc1cccc2c1C(=C1C=Cc3cc4ccccc4cc3C1O)c1ccccc1-2. The van der Waals surface area contributed by atoms with E-state index in [1.807, 2.05) is 42.5 Å². The molecule has 2 nitrogen and oxygen atoms in total. The summed E-state index contributed by atoms with van der Waals surface area (Å²) in [6.45, 7) is 0. The topological polar surface area (TPSA) is 40.5 Å². The van der Waals surface area contributed by atoms with Gasteiger partial charge in [-0.1, -0.05) is 72.8 Å². The number of hydrogen-bond acceptors (Lipinski definition) is 2. The maximum atomic E-state index is 11.4. The monoisotopic (exact) mass is 374 g/mol. The fourth-order valence-corrected chi connectivity index (χ4v) is 4.71. The Bertz CT molecular complexity index is 1370. The highest BCUT2D eigenvalue weighted by Crippen LogP contribution is 2.51. The van der Waals surface area contributed by atoms with Crippen molar-refractivity contribution in [3.8, 4) is 16.9 Å². The number of hydrogen-bond donors (Lipinski definition) is 2. The summed E-state index contributed by atoms with van der Waals surface area (Å²) in [5, 5.41) is 24.4. The molecule has 0 aromatic heterocycles. The summed E-state index contributed by atoms with van der Waals surface area (Å²) in [5.41, 5.74) is 7.61. The van der Waals surface area contributed by atoms with Crippen LogP contribution in [0.4, 0.5) is 0 Å². The van der Waals surface area contributed by atoms with Crippen LogP contribution in [0.3, 0.4) is 0 Å². The van der Waals surface area contributed by atoms with Gasteiger partial charge in [0.1, 0.15) is 11.9 Å². The second kappa shape index (κ2) is 5.94. The number of benzene rings is 4. The van der Waals surface area contributed by atoms with Crippen molar-refractivity contribution in [1.29, 1.82) is 0 Å². The van der Waals surface area contributed by atoms with Crippen LogP contribution in [-0.2, 0) is 0 Å². The van der Waals surface area contributed by atoms with Crippen LogP contribution in [0.15, 0.2) is 90.5 Å². The summed E-state index contributed by atoms with van der Waals surface area (Å²) in [6, 6.07) is 26.2. The molecule has 0 spiro atoms. The van der Waals surface area contributed by atoms with Gasteiger partial charge in [0.05, 0.1) is 0 Å². The molecule has 2 heteroatoms. The van der Waals surface area contributed by atoms with Crippen molar-refractivity contribution in [2.75, 3.05) is 0 Å². The van der Waals surface area contributed by atoms with Crippen LogP contribution in [-0.4, -0.2) is 10.2 Å². The first-order valence-corrected chi connectivity index (χ1v) is 9.77. The van der Waals surface area contributed by atoms with Gasteiger partial charge in [-0.2, -0.15) is 0 Å². The first-order chi connectivity index (χ1) is 14.2. The lowest BCUT2D eigenvalue weighted by Crippen LogP contribution is -2.08. The number of phenolic OH excluding ortho intramolecular Hbond substituents is 1. The molecule has 4 aromatic rings. The first kappa shape index (κ1) is 16.3. The zero-order valence-electron chi connectivity index (χ0n) is 15.6. The van der Waals surface area contributed by atoms with Gasteiger partial charge in [-0.15, -0.1) is 0 Å². The highest BCUT2D eigenvalue weighted by molar-refractivity contribution is 6.05. The zero-order chi connectivity index (χ0) is 19.5. The van der Waals surface area contributed by atoms with Crippen LogP contribution in [0.25, 0.3) is 33.5 Å². The second-order valence-electron chi connectivity index (χ2n) is 7.64. The van der Waals surface area contributed by atoms with Crippen LogP contribution in [0.5, 0.6) is 5.75 Å². The molecule has 2 aliphatic rings. The van der Waals surface area contributed by atoms with Crippen LogP contribution in [0.1, 0.15) is 28.4 Å². The smallest absolute Gasteiger partial charge is 0.124 e. The van der Waals surface area contributed by atoms with Crippen molar-refractivity contribution in [2.24, 2.45) is 0 Å². The Morgan fingerprint density at radius 2 is 1.34 bits per heavy atom. The van der Waals surface area contributed by atoms with Crippen molar-refractivity contribution in [3.63, 3.8) is 0 Å². The Morgan fingerprint density at radius 3 is 2.17 bits per heavy atom. The van der Waals surface area contributed by atoms with E-state index >= 15 is 0 Å². The summed E-state index contributed by atoms with van der Waals surface area (Å²) in [5.74, 6) is 0.242. The minimum absolute atomic E-state index is 0.242. The molecular weight excluding hydrogens is 356 g/mol. The van der Waals surface area contributed by atoms with E-state index in [4.69, 9.17) is 0 Å². The van der Waals surface area contributed by atoms with Crippen molar-refractivity contribution in [1.82, 2.24) is 0 Å². The number of aliphatic hydroxyl groups excluding tert-OH is 1. The van der Waals surface area contributed by atoms with E-state index in [1.54, 1.807) is 6.07 Å². The van der Waals surface area contributed by atoms with E-state index < -0.39 is 6.10 Å². The standard InChI is InChI=1S/C27H18O2/c28-24-11-5-10-21-19-8-3-4-9-20(19)25(26(21)24)22-13-12-18-14-16-6-1-2-7-17(16)15-23(18)27(22)29/h1-15,27-29H. The maximum Gasteiger partial charge on any atom is 0.124 e. The summed E-state index contributed by atoms with van der Waals surface area (Å²) in [4.78, 5) is 0. The molecule has 1 atom stereocenters. The average molecular weight is 374 g/mol. The molecule has 0 saturated carbocycles. The molecule has 138 valence electrons. The number of aliphatic hydroxyl groups is 1. The molecule has 0 aliphatic heterocycles. The average Bonchev–Trinajstić information content (AvgIpc) is 3.09. The molecule has 2 aliphatic carbocycles. The number of fused-ring (bicyclic) bond motifs is 5. The largest absolute Gasteiger partial charge is 0.507 e. The normalized spacial score (nSPS) is 19.1. The van der Waals surface area contributed by atoms with Gasteiger partial charge in [-0.05, 0) is 67.9 Å². The quantitative estimate of drug-likeness (QED) is 0.344. The van der Waals surface area contributed by atoms with Gasteiger partial charge in [-0.25, -0.2) is 0 Å². The highest BCUT2D eigenvalue weighted by atomic mass is 16.3. The Kier molecular flexibility index (Phi) is 3.35. The molecule has 0 radical (unpaired) electrons. The summed E-state index contributed by atoms with van der Waals surface area (Å²) in [6.07, 6.45) is 3.31. The van der Waals surface area contributed by atoms with E-state index in [0.29, 0.717) is 0 Å². The molecule has 0 amide bonds. The third-order valence-corrected chi connectivity index (χ3v) is 6.05. The van der Waals surface area contributed by atoms with Crippen molar-refractivity contribution in [2.45, 2.75) is 6.10 Å². The van der Waals surface area contributed by atoms with E-state index in [-0.39, 0.29) is 5.75 Å². The lowest BCUT2D eigenvalue weighted by atomic mass is 9.84. The second-order valence-corrected chi connectivity index (χ2v) is 7.64. The molecule has 0 heterocycles. The predicted octanol–water partition coefficient (Wildman–Crippen LogP) is 6.09. The summed E-state index contributed by atoms with van der Waals surface area (Å²) >= 11 is 0. The van der Waals surface area contributed by atoms with E-state index in [2.05, 4.69) is 42.5 Å². The number of rotatable bonds is 0. The van der Waals surface area contributed by atoms with Gasteiger partial charge in [-0.3, -0.25) is 0 Å². The molecule has 0 bridgehead atoms. The van der Waals surface area contributed by atoms with Crippen LogP contribution >= 0.6 is 0 Å². The maximum absolute atomic E-state index is 11.4. The van der Waals surface area contributed by atoms with E-state index in [0.717, 1.165) is 55.3 Å². The highest BCUT2D eigenvalue weighted by Gasteiger charge is 2.31.